The number of esters is 2. The van der Waals surface area contributed by atoms with Crippen LogP contribution >= 0.6 is 11.3 Å². The number of ether oxygens (including phenoxy) is 2. The smallest absolute Gasteiger partial charge is 0.348 e. The lowest BCUT2D eigenvalue weighted by Gasteiger charge is -2.32. The van der Waals surface area contributed by atoms with E-state index in [0.29, 0.717) is 45.2 Å². The Morgan fingerprint density at radius 3 is 2.63 bits per heavy atom. The van der Waals surface area contributed by atoms with Gasteiger partial charge in [0.15, 0.2) is 5.78 Å². The van der Waals surface area contributed by atoms with Gasteiger partial charge < -0.3 is 19.2 Å². The van der Waals surface area contributed by atoms with E-state index in [-0.39, 0.29) is 5.78 Å². The normalized spacial score (nSPS) is 18.8. The third-order valence-corrected chi connectivity index (χ3v) is 6.29. The maximum atomic E-state index is 12.8. The lowest BCUT2D eigenvalue weighted by molar-refractivity contribution is -0.136. The van der Waals surface area contributed by atoms with Crippen LogP contribution in [0.15, 0.2) is 50.5 Å². The average Bonchev–Trinajstić information content (AvgIpc) is 3.41. The van der Waals surface area contributed by atoms with Gasteiger partial charge in [0.05, 0.1) is 25.7 Å². The molecule has 4 rings (SSSR count). The number of Topliss-reactive ketones (excluding diaryl/α,β-unsaturated/α-hetero) is 1. The maximum Gasteiger partial charge on any atom is 0.348 e. The van der Waals surface area contributed by atoms with Gasteiger partial charge in [-0.2, -0.15) is 0 Å². The monoisotopic (exact) mass is 427 g/mol. The lowest BCUT2D eigenvalue weighted by Crippen LogP contribution is -2.34. The highest BCUT2D eigenvalue weighted by atomic mass is 32.1. The molecule has 0 spiro atoms. The molecule has 7 nitrogen and oxygen atoms in total. The van der Waals surface area contributed by atoms with E-state index < -0.39 is 17.9 Å². The van der Waals surface area contributed by atoms with Crippen LogP contribution in [-0.4, -0.2) is 31.9 Å². The van der Waals surface area contributed by atoms with Gasteiger partial charge in [0.25, 0.3) is 0 Å². The number of dihydropyridines is 1. The van der Waals surface area contributed by atoms with E-state index in [1.807, 2.05) is 0 Å². The summed E-state index contributed by atoms with van der Waals surface area (Å²) >= 11 is 1.26. The van der Waals surface area contributed by atoms with E-state index in [1.54, 1.807) is 30.5 Å². The van der Waals surface area contributed by atoms with Crippen LogP contribution in [0.5, 0.6) is 0 Å². The van der Waals surface area contributed by atoms with Crippen molar-refractivity contribution in [2.75, 3.05) is 14.2 Å². The van der Waals surface area contributed by atoms with Gasteiger partial charge >= 0.3 is 11.9 Å². The van der Waals surface area contributed by atoms with Crippen LogP contribution in [0.1, 0.15) is 47.5 Å². The van der Waals surface area contributed by atoms with Gasteiger partial charge in [-0.05, 0) is 43.3 Å². The van der Waals surface area contributed by atoms with Crippen molar-refractivity contribution in [3.63, 3.8) is 0 Å². The van der Waals surface area contributed by atoms with Crippen LogP contribution in [0, 0.1) is 0 Å². The molecule has 0 unspecified atom stereocenters. The number of furan rings is 1. The van der Waals surface area contributed by atoms with Gasteiger partial charge in [-0.25, -0.2) is 9.59 Å². The zero-order chi connectivity index (χ0) is 21.4. The fourth-order valence-electron chi connectivity index (χ4n) is 4.06. The summed E-state index contributed by atoms with van der Waals surface area (Å²) in [6.45, 7) is 1.79. The van der Waals surface area contributed by atoms with Crippen molar-refractivity contribution in [3.05, 3.63) is 56.8 Å². The number of hydrogen-bond donors (Lipinski definition) is 1. The summed E-state index contributed by atoms with van der Waals surface area (Å²) in [4.78, 5) is 37.9. The van der Waals surface area contributed by atoms with Gasteiger partial charge in [-0.1, -0.05) is 0 Å². The van der Waals surface area contributed by atoms with Crippen LogP contribution in [0.25, 0.3) is 11.3 Å². The highest BCUT2D eigenvalue weighted by Gasteiger charge is 2.40. The molecule has 0 radical (unpaired) electrons. The molecule has 0 saturated carbocycles. The summed E-state index contributed by atoms with van der Waals surface area (Å²) in [5, 5.41) is 5.00. The predicted molar refractivity (Wildman–Crippen MR) is 110 cm³/mol. The number of hydrogen-bond acceptors (Lipinski definition) is 8. The summed E-state index contributed by atoms with van der Waals surface area (Å²) in [5.74, 6) is -0.702. The molecule has 3 heterocycles. The first kappa shape index (κ1) is 20.2. The predicted octanol–water partition coefficient (Wildman–Crippen LogP) is 3.94. The minimum atomic E-state index is -0.657. The minimum absolute atomic E-state index is 0.00798. The second-order valence-electron chi connectivity index (χ2n) is 7.11. The van der Waals surface area contributed by atoms with Gasteiger partial charge in [-0.15, -0.1) is 11.3 Å². The summed E-state index contributed by atoms with van der Waals surface area (Å²) in [5.41, 5.74) is 2.98. The molecule has 0 amide bonds. The molecule has 0 fully saturated rings. The molecular weight excluding hydrogens is 406 g/mol. The Balaban J connectivity index is 1.83. The standard InChI is InChI=1S/C22H21NO6S/c1-11-17(21(25)27-2)19(18-13(23-11)5-4-6-14(18)24)16-8-7-15(29-16)12-9-10-30-20(12)22(26)28-3/h7-10,19,23H,4-6H2,1-3H3/t19-/m1/s1. The zero-order valence-corrected chi connectivity index (χ0v) is 17.7. The summed E-state index contributed by atoms with van der Waals surface area (Å²) in [6.07, 6.45) is 1.92. The molecule has 156 valence electrons. The Kier molecular flexibility index (Phi) is 5.34. The first-order valence-corrected chi connectivity index (χ1v) is 10.4. The fourth-order valence-corrected chi connectivity index (χ4v) is 4.87. The number of allylic oxidation sites excluding steroid dienone is 3. The molecule has 2 aliphatic rings. The quantitative estimate of drug-likeness (QED) is 0.739. The topological polar surface area (TPSA) is 94.8 Å². The van der Waals surface area contributed by atoms with E-state index in [1.165, 1.54) is 25.6 Å². The van der Waals surface area contributed by atoms with E-state index in [0.717, 1.165) is 18.5 Å². The third-order valence-electron chi connectivity index (χ3n) is 5.39. The second-order valence-corrected chi connectivity index (χ2v) is 8.03. The molecule has 2 aromatic rings. The SMILES string of the molecule is COC(=O)C1=C(C)NC2=C(C(=O)CCC2)[C@@H]1c1ccc(-c2ccsc2C(=O)OC)o1. The lowest BCUT2D eigenvalue weighted by atomic mass is 9.77. The molecule has 2 aromatic heterocycles. The Bertz CT molecular complexity index is 1100. The van der Waals surface area contributed by atoms with Gasteiger partial charge in [-0.3, -0.25) is 4.79 Å². The first-order chi connectivity index (χ1) is 14.5. The van der Waals surface area contributed by atoms with Crippen LogP contribution in [0.3, 0.4) is 0 Å². The van der Waals surface area contributed by atoms with Crippen molar-refractivity contribution in [3.8, 4) is 11.3 Å². The molecule has 1 N–H and O–H groups in total. The number of methoxy groups -OCH3 is 2. The number of thiophene rings is 1. The van der Waals surface area contributed by atoms with Crippen LogP contribution in [-0.2, 0) is 19.1 Å². The van der Waals surface area contributed by atoms with Crippen molar-refractivity contribution in [2.45, 2.75) is 32.1 Å². The largest absolute Gasteiger partial charge is 0.466 e. The van der Waals surface area contributed by atoms with E-state index in [2.05, 4.69) is 5.32 Å². The molecule has 0 saturated heterocycles. The molecule has 0 aromatic carbocycles. The molecule has 1 aliphatic carbocycles. The van der Waals surface area contributed by atoms with Crippen molar-refractivity contribution < 1.29 is 28.3 Å². The van der Waals surface area contributed by atoms with E-state index >= 15 is 0 Å². The summed E-state index contributed by atoms with van der Waals surface area (Å²) in [7, 11) is 2.64. The minimum Gasteiger partial charge on any atom is -0.466 e. The number of carbonyl (C=O) groups is 3. The number of carbonyl (C=O) groups excluding carboxylic acids is 3. The van der Waals surface area contributed by atoms with Crippen LogP contribution in [0.4, 0.5) is 0 Å². The highest BCUT2D eigenvalue weighted by molar-refractivity contribution is 7.12. The average molecular weight is 427 g/mol. The molecule has 1 aliphatic heterocycles. The number of rotatable bonds is 4. The Morgan fingerprint density at radius 2 is 1.90 bits per heavy atom. The van der Waals surface area contributed by atoms with Crippen molar-refractivity contribution in [1.29, 1.82) is 0 Å². The molecule has 8 heteroatoms. The molecule has 0 bridgehead atoms. The maximum absolute atomic E-state index is 12.8. The second kappa shape index (κ2) is 7.95. The van der Waals surface area contributed by atoms with Gasteiger partial charge in [0, 0.05) is 29.0 Å². The Morgan fingerprint density at radius 1 is 1.13 bits per heavy atom. The summed E-state index contributed by atoms with van der Waals surface area (Å²) < 4.78 is 16.0. The first-order valence-electron chi connectivity index (χ1n) is 9.54. The zero-order valence-electron chi connectivity index (χ0n) is 16.9. The Hall–Kier alpha value is -3.13. The van der Waals surface area contributed by atoms with Gasteiger partial charge in [0.1, 0.15) is 16.4 Å². The fraction of sp³-hybridized carbons (Fsp3) is 0.318. The van der Waals surface area contributed by atoms with Crippen LogP contribution < -0.4 is 5.32 Å². The van der Waals surface area contributed by atoms with E-state index in [4.69, 9.17) is 13.9 Å². The highest BCUT2D eigenvalue weighted by Crippen LogP contribution is 2.44. The molecular formula is C22H21NO6S. The Labute approximate surface area is 177 Å². The molecule has 30 heavy (non-hydrogen) atoms. The number of ketones is 1. The van der Waals surface area contributed by atoms with Gasteiger partial charge in [0.2, 0.25) is 0 Å². The van der Waals surface area contributed by atoms with Crippen molar-refractivity contribution in [1.82, 2.24) is 5.32 Å². The third kappa shape index (κ3) is 3.27. The van der Waals surface area contributed by atoms with Crippen LogP contribution in [0.2, 0.25) is 0 Å². The number of nitrogens with one attached hydrogen (secondary N) is 1. The molecule has 1 atom stereocenters. The van der Waals surface area contributed by atoms with Crippen molar-refractivity contribution >= 4 is 29.1 Å². The van der Waals surface area contributed by atoms with E-state index in [9.17, 15) is 14.4 Å². The van der Waals surface area contributed by atoms with Crippen molar-refractivity contribution in [2.24, 2.45) is 0 Å². The summed E-state index contributed by atoms with van der Waals surface area (Å²) in [6, 6.07) is 5.26.